The van der Waals surface area contributed by atoms with E-state index in [9.17, 15) is 0 Å². The fourth-order valence-corrected chi connectivity index (χ4v) is 2.96. The molecule has 0 atom stereocenters. The van der Waals surface area contributed by atoms with Crippen LogP contribution in [-0.2, 0) is 0 Å². The Morgan fingerprint density at radius 1 is 1.13 bits per heavy atom. The van der Waals surface area contributed by atoms with E-state index < -0.39 is 0 Å². The molecule has 2 rings (SSSR count). The maximum absolute atomic E-state index is 5.85. The van der Waals surface area contributed by atoms with Gasteiger partial charge >= 0.3 is 0 Å². The molecule has 88 valence electrons. The Morgan fingerprint density at radius 3 is 2.20 bits per heavy atom. The van der Waals surface area contributed by atoms with Gasteiger partial charge in [0, 0.05) is 12.6 Å². The van der Waals surface area contributed by atoms with Gasteiger partial charge in [0.25, 0.3) is 0 Å². The minimum absolute atomic E-state index is 0.515. The summed E-state index contributed by atoms with van der Waals surface area (Å²) in [6.07, 6.45) is 11.3. The number of nitrogens with two attached hydrogens (primary N) is 1. The van der Waals surface area contributed by atoms with Crippen LogP contribution in [0.4, 0.5) is 0 Å². The molecule has 2 heteroatoms. The SMILES string of the molecule is CN(CC1(CN)CC1)C1CCCCCC1. The topological polar surface area (TPSA) is 29.3 Å². The van der Waals surface area contributed by atoms with Crippen molar-refractivity contribution in [2.75, 3.05) is 20.1 Å². The zero-order chi connectivity index (χ0) is 10.7. The summed E-state index contributed by atoms with van der Waals surface area (Å²) < 4.78 is 0. The molecule has 2 fully saturated rings. The first-order chi connectivity index (χ1) is 7.26. The van der Waals surface area contributed by atoms with Crippen molar-refractivity contribution in [1.82, 2.24) is 4.90 Å². The lowest BCUT2D eigenvalue weighted by Crippen LogP contribution is -2.38. The molecule has 2 saturated carbocycles. The molecular weight excluding hydrogens is 184 g/mol. The van der Waals surface area contributed by atoms with Crippen LogP contribution in [0.1, 0.15) is 51.4 Å². The molecular formula is C13H26N2. The van der Waals surface area contributed by atoms with E-state index in [1.165, 1.54) is 57.9 Å². The summed E-state index contributed by atoms with van der Waals surface area (Å²) >= 11 is 0. The minimum Gasteiger partial charge on any atom is -0.330 e. The molecule has 0 bridgehead atoms. The summed E-state index contributed by atoms with van der Waals surface area (Å²) in [5.41, 5.74) is 6.37. The van der Waals surface area contributed by atoms with E-state index in [1.807, 2.05) is 0 Å². The van der Waals surface area contributed by atoms with Gasteiger partial charge in [-0.05, 0) is 44.7 Å². The van der Waals surface area contributed by atoms with E-state index >= 15 is 0 Å². The van der Waals surface area contributed by atoms with E-state index in [-0.39, 0.29) is 0 Å². The van der Waals surface area contributed by atoms with Crippen LogP contribution < -0.4 is 5.73 Å². The van der Waals surface area contributed by atoms with Gasteiger partial charge in [-0.2, -0.15) is 0 Å². The molecule has 0 radical (unpaired) electrons. The second-order valence-corrected chi connectivity index (χ2v) is 5.76. The van der Waals surface area contributed by atoms with Crippen LogP contribution in [0.2, 0.25) is 0 Å². The molecule has 0 saturated heterocycles. The van der Waals surface area contributed by atoms with Crippen molar-refractivity contribution in [3.05, 3.63) is 0 Å². The van der Waals surface area contributed by atoms with Crippen LogP contribution in [-0.4, -0.2) is 31.1 Å². The average molecular weight is 210 g/mol. The summed E-state index contributed by atoms with van der Waals surface area (Å²) in [5, 5.41) is 0. The molecule has 0 aromatic heterocycles. The molecule has 0 aromatic rings. The van der Waals surface area contributed by atoms with Gasteiger partial charge in [-0.25, -0.2) is 0 Å². The lowest BCUT2D eigenvalue weighted by Gasteiger charge is -2.30. The van der Waals surface area contributed by atoms with Gasteiger partial charge in [0.15, 0.2) is 0 Å². The first-order valence-electron chi connectivity index (χ1n) is 6.66. The van der Waals surface area contributed by atoms with Crippen molar-refractivity contribution in [3.8, 4) is 0 Å². The van der Waals surface area contributed by atoms with Crippen molar-refractivity contribution in [2.45, 2.75) is 57.4 Å². The van der Waals surface area contributed by atoms with Crippen molar-refractivity contribution in [1.29, 1.82) is 0 Å². The third kappa shape index (κ3) is 2.94. The molecule has 2 N–H and O–H groups in total. The molecule has 0 amide bonds. The molecule has 0 aliphatic heterocycles. The van der Waals surface area contributed by atoms with E-state index in [4.69, 9.17) is 5.73 Å². The first-order valence-corrected chi connectivity index (χ1v) is 6.66. The predicted octanol–water partition coefficient (Wildman–Crippen LogP) is 2.38. The highest BCUT2D eigenvalue weighted by molar-refractivity contribution is 4.96. The lowest BCUT2D eigenvalue weighted by atomic mass is 10.0. The van der Waals surface area contributed by atoms with Gasteiger partial charge in [0.2, 0.25) is 0 Å². The van der Waals surface area contributed by atoms with Crippen LogP contribution in [0.25, 0.3) is 0 Å². The predicted molar refractivity (Wildman–Crippen MR) is 64.8 cm³/mol. The Morgan fingerprint density at radius 2 is 1.73 bits per heavy atom. The third-order valence-corrected chi connectivity index (χ3v) is 4.42. The standard InChI is InChI=1S/C13H26N2/c1-15(11-13(10-14)8-9-13)12-6-4-2-3-5-7-12/h12H,2-11,14H2,1H3. The molecule has 15 heavy (non-hydrogen) atoms. The van der Waals surface area contributed by atoms with Crippen LogP contribution in [0.5, 0.6) is 0 Å². The molecule has 0 heterocycles. The first kappa shape index (κ1) is 11.4. The Bertz CT molecular complexity index is 191. The molecule has 2 aliphatic carbocycles. The molecule has 0 unspecified atom stereocenters. The Kier molecular flexibility index (Phi) is 3.68. The Labute approximate surface area is 94.2 Å². The van der Waals surface area contributed by atoms with Gasteiger partial charge in [-0.15, -0.1) is 0 Å². The summed E-state index contributed by atoms with van der Waals surface area (Å²) in [6, 6.07) is 0.844. The molecule has 0 spiro atoms. The zero-order valence-electron chi connectivity index (χ0n) is 10.2. The zero-order valence-corrected chi connectivity index (χ0v) is 10.2. The Hall–Kier alpha value is -0.0800. The minimum atomic E-state index is 0.515. The van der Waals surface area contributed by atoms with Crippen molar-refractivity contribution >= 4 is 0 Å². The summed E-state index contributed by atoms with van der Waals surface area (Å²) in [6.45, 7) is 2.14. The van der Waals surface area contributed by atoms with Crippen molar-refractivity contribution in [3.63, 3.8) is 0 Å². The lowest BCUT2D eigenvalue weighted by molar-refractivity contribution is 0.182. The van der Waals surface area contributed by atoms with E-state index in [2.05, 4.69) is 11.9 Å². The fourth-order valence-electron chi connectivity index (χ4n) is 2.96. The molecule has 0 aromatic carbocycles. The van der Waals surface area contributed by atoms with E-state index in [1.54, 1.807) is 0 Å². The van der Waals surface area contributed by atoms with Gasteiger partial charge < -0.3 is 10.6 Å². The number of rotatable bonds is 4. The van der Waals surface area contributed by atoms with Crippen LogP contribution >= 0.6 is 0 Å². The maximum Gasteiger partial charge on any atom is 0.00924 e. The monoisotopic (exact) mass is 210 g/mol. The van der Waals surface area contributed by atoms with Gasteiger partial charge in [0.1, 0.15) is 0 Å². The quantitative estimate of drug-likeness (QED) is 0.722. The highest BCUT2D eigenvalue weighted by Crippen LogP contribution is 2.45. The summed E-state index contributed by atoms with van der Waals surface area (Å²) in [4.78, 5) is 2.60. The van der Waals surface area contributed by atoms with E-state index in [0.29, 0.717) is 5.41 Å². The highest BCUT2D eigenvalue weighted by atomic mass is 15.1. The van der Waals surface area contributed by atoms with Crippen molar-refractivity contribution in [2.24, 2.45) is 11.1 Å². The number of hydrogen-bond acceptors (Lipinski definition) is 2. The fraction of sp³-hybridized carbons (Fsp3) is 1.00. The van der Waals surface area contributed by atoms with Gasteiger partial charge in [0.05, 0.1) is 0 Å². The smallest absolute Gasteiger partial charge is 0.00924 e. The number of nitrogens with zero attached hydrogens (tertiary/aromatic N) is 1. The Balaban J connectivity index is 1.80. The highest BCUT2D eigenvalue weighted by Gasteiger charge is 2.42. The second-order valence-electron chi connectivity index (χ2n) is 5.76. The van der Waals surface area contributed by atoms with Crippen LogP contribution in [0, 0.1) is 5.41 Å². The second kappa shape index (κ2) is 4.84. The van der Waals surface area contributed by atoms with Crippen LogP contribution in [0.3, 0.4) is 0 Å². The third-order valence-electron chi connectivity index (χ3n) is 4.42. The van der Waals surface area contributed by atoms with Crippen molar-refractivity contribution < 1.29 is 0 Å². The van der Waals surface area contributed by atoms with Gasteiger partial charge in [-0.3, -0.25) is 0 Å². The summed E-state index contributed by atoms with van der Waals surface area (Å²) in [7, 11) is 2.31. The average Bonchev–Trinajstić information content (AvgIpc) is 3.00. The largest absolute Gasteiger partial charge is 0.330 e. The number of hydrogen-bond donors (Lipinski definition) is 1. The maximum atomic E-state index is 5.85. The normalized spacial score (nSPS) is 26.6. The van der Waals surface area contributed by atoms with Crippen LogP contribution in [0.15, 0.2) is 0 Å². The molecule has 2 aliphatic rings. The summed E-state index contributed by atoms with van der Waals surface area (Å²) in [5.74, 6) is 0. The van der Waals surface area contributed by atoms with Gasteiger partial charge in [-0.1, -0.05) is 25.7 Å². The van der Waals surface area contributed by atoms with E-state index in [0.717, 1.165) is 12.6 Å². The molecule has 2 nitrogen and oxygen atoms in total.